The molecule has 0 aliphatic carbocycles. The zero-order chi connectivity index (χ0) is 30.7. The molecule has 9 nitrogen and oxygen atoms in total. The molecule has 9 heteroatoms. The summed E-state index contributed by atoms with van der Waals surface area (Å²) in [6.45, 7) is 4.86. The van der Waals surface area contributed by atoms with Crippen molar-refractivity contribution in [2.75, 3.05) is 55.2 Å². The number of esters is 1. The highest BCUT2D eigenvalue weighted by atomic mass is 16.5. The van der Waals surface area contributed by atoms with E-state index in [4.69, 9.17) is 23.7 Å². The third kappa shape index (κ3) is 6.05. The average molecular weight is 593 g/mol. The van der Waals surface area contributed by atoms with Crippen LogP contribution in [0, 0.1) is 11.8 Å². The van der Waals surface area contributed by atoms with Gasteiger partial charge in [0.25, 0.3) is 0 Å². The zero-order valence-corrected chi connectivity index (χ0v) is 26.2. The van der Waals surface area contributed by atoms with Gasteiger partial charge in [-0.05, 0) is 84.0 Å². The average Bonchev–Trinajstić information content (AvgIpc) is 3.05. The molecule has 0 radical (unpaired) electrons. The number of nitrogens with zero attached hydrogens (tertiary/aromatic N) is 2. The van der Waals surface area contributed by atoms with E-state index in [1.54, 1.807) is 28.4 Å². The van der Waals surface area contributed by atoms with Crippen LogP contribution in [0.2, 0.25) is 0 Å². The van der Waals surface area contributed by atoms with E-state index in [0.29, 0.717) is 36.3 Å². The summed E-state index contributed by atoms with van der Waals surface area (Å²) in [4.78, 5) is 29.9. The third-order valence-electron chi connectivity index (χ3n) is 9.67. The molecule has 0 spiro atoms. The van der Waals surface area contributed by atoms with Gasteiger partial charge in [-0.2, -0.15) is 0 Å². The molecule has 1 fully saturated rings. The Morgan fingerprint density at radius 1 is 0.791 bits per heavy atom. The smallest absolute Gasteiger partial charge is 0.330 e. The van der Waals surface area contributed by atoms with Crippen LogP contribution in [0.5, 0.6) is 23.0 Å². The maximum atomic E-state index is 13.6. The summed E-state index contributed by atoms with van der Waals surface area (Å²) in [7, 11) is 7.96. The number of rotatable bonds is 9. The van der Waals surface area contributed by atoms with Gasteiger partial charge in [0, 0.05) is 37.8 Å². The van der Waals surface area contributed by atoms with Crippen molar-refractivity contribution >= 4 is 11.9 Å². The molecule has 1 amide bonds. The molecule has 2 aromatic rings. The van der Waals surface area contributed by atoms with Crippen molar-refractivity contribution in [3.05, 3.63) is 58.7 Å². The molecule has 3 heterocycles. The number of fused-ring (bicyclic) bond motifs is 4. The molecular formula is C34H44N2O7. The standard InChI is InChI=1S/C34H44N2O7/c1-7-21-20-35-12-10-22-16-29(39-2)31(41-4)18-25(22)27(35)14-24(21)15-28-26-19-32(42-5)30(40-3)17-23(26)11-13-36(28)33(37)8-9-34(38)43-6/h8-9,16-19,21,24,27-28H,7,10-15,20H2,1-6H3. The predicted octanol–water partition coefficient (Wildman–Crippen LogP) is 4.91. The first-order valence-electron chi connectivity index (χ1n) is 15.2. The largest absolute Gasteiger partial charge is 0.493 e. The van der Waals surface area contributed by atoms with E-state index in [-0.39, 0.29) is 18.0 Å². The van der Waals surface area contributed by atoms with Gasteiger partial charge in [0.15, 0.2) is 23.0 Å². The van der Waals surface area contributed by atoms with Crippen LogP contribution in [-0.2, 0) is 27.2 Å². The molecule has 2 aromatic carbocycles. The van der Waals surface area contributed by atoms with Gasteiger partial charge in [0.2, 0.25) is 5.91 Å². The molecule has 0 N–H and O–H groups in total. The summed E-state index contributed by atoms with van der Waals surface area (Å²) in [5, 5.41) is 0. The van der Waals surface area contributed by atoms with E-state index in [9.17, 15) is 9.59 Å². The first-order valence-corrected chi connectivity index (χ1v) is 15.2. The molecule has 4 atom stereocenters. The summed E-state index contributed by atoms with van der Waals surface area (Å²) in [5.41, 5.74) is 4.87. The fraction of sp³-hybridized carbons (Fsp3) is 0.529. The first-order chi connectivity index (χ1) is 20.8. The lowest BCUT2D eigenvalue weighted by atomic mass is 9.72. The second-order valence-corrected chi connectivity index (χ2v) is 11.6. The SMILES string of the molecule is CCC1CN2CCc3cc(OC)c(OC)cc3C2CC1CC1c2cc(OC)c(OC)cc2CCN1C(=O)C=CC(=O)OC. The van der Waals surface area contributed by atoms with Crippen LogP contribution in [0.25, 0.3) is 0 Å². The van der Waals surface area contributed by atoms with Crippen molar-refractivity contribution in [1.29, 1.82) is 0 Å². The van der Waals surface area contributed by atoms with Crippen molar-refractivity contribution in [3.63, 3.8) is 0 Å². The van der Waals surface area contributed by atoms with Crippen molar-refractivity contribution in [2.24, 2.45) is 11.8 Å². The molecule has 1 saturated heterocycles. The van der Waals surface area contributed by atoms with E-state index < -0.39 is 5.97 Å². The number of carbonyl (C=O) groups excluding carboxylic acids is 2. The number of benzene rings is 2. The predicted molar refractivity (Wildman–Crippen MR) is 163 cm³/mol. The number of hydrogen-bond donors (Lipinski definition) is 0. The molecule has 43 heavy (non-hydrogen) atoms. The molecule has 3 aliphatic rings. The minimum atomic E-state index is -0.546. The number of hydrogen-bond acceptors (Lipinski definition) is 8. The van der Waals surface area contributed by atoms with Crippen LogP contribution in [0.15, 0.2) is 36.4 Å². The van der Waals surface area contributed by atoms with Gasteiger partial charge in [-0.25, -0.2) is 4.79 Å². The molecule has 232 valence electrons. The van der Waals surface area contributed by atoms with Crippen LogP contribution in [0.4, 0.5) is 0 Å². The molecule has 3 aliphatic heterocycles. The van der Waals surface area contributed by atoms with Gasteiger partial charge in [0.1, 0.15) is 0 Å². The van der Waals surface area contributed by atoms with Gasteiger partial charge in [0.05, 0.1) is 41.6 Å². The zero-order valence-electron chi connectivity index (χ0n) is 26.2. The van der Waals surface area contributed by atoms with Crippen LogP contribution in [0.1, 0.15) is 60.5 Å². The highest BCUT2D eigenvalue weighted by molar-refractivity contribution is 5.94. The molecular weight excluding hydrogens is 548 g/mol. The molecule has 5 rings (SSSR count). The first kappa shape index (κ1) is 30.7. The number of ether oxygens (including phenoxy) is 5. The normalized spacial score (nSPS) is 23.2. The third-order valence-corrected chi connectivity index (χ3v) is 9.67. The Balaban J connectivity index is 1.51. The summed E-state index contributed by atoms with van der Waals surface area (Å²) < 4.78 is 27.3. The number of carbonyl (C=O) groups is 2. The van der Waals surface area contributed by atoms with Gasteiger partial charge in [-0.15, -0.1) is 0 Å². The molecule has 0 aromatic heterocycles. The Morgan fingerprint density at radius 3 is 1.98 bits per heavy atom. The van der Waals surface area contributed by atoms with Crippen LogP contribution < -0.4 is 18.9 Å². The Morgan fingerprint density at radius 2 is 1.37 bits per heavy atom. The van der Waals surface area contributed by atoms with E-state index in [1.807, 2.05) is 17.0 Å². The Bertz CT molecular complexity index is 1370. The minimum absolute atomic E-state index is 0.169. The lowest BCUT2D eigenvalue weighted by Crippen LogP contribution is -2.47. The highest BCUT2D eigenvalue weighted by Gasteiger charge is 2.42. The quantitative estimate of drug-likeness (QED) is 0.300. The van der Waals surface area contributed by atoms with E-state index in [1.165, 1.54) is 30.4 Å². The summed E-state index contributed by atoms with van der Waals surface area (Å²) in [6.07, 6.45) is 7.08. The topological polar surface area (TPSA) is 86.8 Å². The maximum Gasteiger partial charge on any atom is 0.330 e. The molecule has 0 bridgehead atoms. The number of piperidine rings is 1. The van der Waals surface area contributed by atoms with Gasteiger partial charge < -0.3 is 28.6 Å². The van der Waals surface area contributed by atoms with Crippen molar-refractivity contribution < 1.29 is 33.3 Å². The van der Waals surface area contributed by atoms with E-state index in [0.717, 1.165) is 61.4 Å². The summed E-state index contributed by atoms with van der Waals surface area (Å²) in [5.74, 6) is 2.99. The molecule has 4 unspecified atom stereocenters. The monoisotopic (exact) mass is 592 g/mol. The van der Waals surface area contributed by atoms with Crippen molar-refractivity contribution in [2.45, 2.75) is 51.1 Å². The fourth-order valence-electron chi connectivity index (χ4n) is 7.39. The number of methoxy groups -OCH3 is 5. The Hall–Kier alpha value is -3.72. The Labute approximate surface area is 254 Å². The summed E-state index contributed by atoms with van der Waals surface area (Å²) in [6, 6.07) is 8.48. The highest BCUT2D eigenvalue weighted by Crippen LogP contribution is 2.49. The van der Waals surface area contributed by atoms with Gasteiger partial charge in [-0.3, -0.25) is 9.69 Å². The lowest BCUT2D eigenvalue weighted by molar-refractivity contribution is -0.135. The second-order valence-electron chi connectivity index (χ2n) is 11.6. The van der Waals surface area contributed by atoms with Gasteiger partial charge >= 0.3 is 5.97 Å². The minimum Gasteiger partial charge on any atom is -0.493 e. The second kappa shape index (κ2) is 13.3. The van der Waals surface area contributed by atoms with Crippen LogP contribution in [0.3, 0.4) is 0 Å². The Kier molecular flexibility index (Phi) is 9.49. The number of amides is 1. The van der Waals surface area contributed by atoms with Gasteiger partial charge in [-0.1, -0.05) is 13.3 Å². The van der Waals surface area contributed by atoms with Crippen LogP contribution >= 0.6 is 0 Å². The van der Waals surface area contributed by atoms with E-state index >= 15 is 0 Å². The van der Waals surface area contributed by atoms with Crippen LogP contribution in [-0.4, -0.2) is 76.9 Å². The molecule has 0 saturated carbocycles. The van der Waals surface area contributed by atoms with Crippen molar-refractivity contribution in [1.82, 2.24) is 9.80 Å². The lowest BCUT2D eigenvalue weighted by Gasteiger charge is -2.49. The van der Waals surface area contributed by atoms with Crippen molar-refractivity contribution in [3.8, 4) is 23.0 Å². The fourth-order valence-corrected chi connectivity index (χ4v) is 7.39. The maximum absolute atomic E-state index is 13.6. The van der Waals surface area contributed by atoms with E-state index in [2.05, 4.69) is 24.0 Å². The summed E-state index contributed by atoms with van der Waals surface area (Å²) >= 11 is 0.